The summed E-state index contributed by atoms with van der Waals surface area (Å²) in [6, 6.07) is 1.74. The monoisotopic (exact) mass is 313 g/mol. The third-order valence-corrected chi connectivity index (χ3v) is 3.77. The van der Waals surface area contributed by atoms with Crippen molar-refractivity contribution in [3.8, 4) is 6.07 Å². The van der Waals surface area contributed by atoms with Gasteiger partial charge in [0.15, 0.2) is 5.41 Å². The molecule has 1 atom stereocenters. The average molecular weight is 313 g/mol. The lowest BCUT2D eigenvalue weighted by Gasteiger charge is -2.26. The molecular formula is C10H10F3NO5S. The minimum atomic E-state index is -5.73. The largest absolute Gasteiger partial charge is 0.534 e. The maximum absolute atomic E-state index is 12.1. The zero-order valence-corrected chi connectivity index (χ0v) is 11.0. The summed E-state index contributed by atoms with van der Waals surface area (Å²) in [6.45, 7) is 0. The van der Waals surface area contributed by atoms with Crippen molar-refractivity contribution in [2.24, 2.45) is 5.41 Å². The van der Waals surface area contributed by atoms with E-state index in [1.165, 1.54) is 0 Å². The number of halogens is 3. The molecule has 0 radical (unpaired) electrons. The van der Waals surface area contributed by atoms with E-state index in [4.69, 9.17) is 5.26 Å². The molecule has 0 N–H and O–H groups in total. The molecule has 0 saturated carbocycles. The summed E-state index contributed by atoms with van der Waals surface area (Å²) in [7, 11) is -4.66. The van der Waals surface area contributed by atoms with Gasteiger partial charge in [0, 0.05) is 6.42 Å². The molecular weight excluding hydrogens is 303 g/mol. The highest BCUT2D eigenvalue weighted by Gasteiger charge is 2.50. The van der Waals surface area contributed by atoms with Gasteiger partial charge < -0.3 is 8.92 Å². The number of methoxy groups -OCH3 is 1. The topological polar surface area (TPSA) is 93.5 Å². The van der Waals surface area contributed by atoms with E-state index < -0.39 is 32.8 Å². The molecule has 1 aliphatic rings. The smallest absolute Gasteiger partial charge is 0.468 e. The summed E-state index contributed by atoms with van der Waals surface area (Å²) in [5.41, 5.74) is -7.05. The zero-order chi connectivity index (χ0) is 15.6. The Morgan fingerprint density at radius 3 is 2.45 bits per heavy atom. The van der Waals surface area contributed by atoms with Crippen molar-refractivity contribution in [2.75, 3.05) is 7.11 Å². The van der Waals surface area contributed by atoms with Crippen molar-refractivity contribution in [3.63, 3.8) is 0 Å². The number of nitriles is 1. The summed E-state index contributed by atoms with van der Waals surface area (Å²) in [4.78, 5) is 11.5. The lowest BCUT2D eigenvalue weighted by Crippen LogP contribution is -2.33. The molecule has 0 bridgehead atoms. The van der Waals surface area contributed by atoms with Crippen LogP contribution in [0.4, 0.5) is 13.2 Å². The number of ether oxygens (including phenoxy) is 1. The van der Waals surface area contributed by atoms with Crippen molar-refractivity contribution >= 4 is 16.1 Å². The van der Waals surface area contributed by atoms with E-state index in [1.807, 2.05) is 0 Å². The fourth-order valence-corrected chi connectivity index (χ4v) is 2.15. The number of nitrogens with zero attached hydrogens (tertiary/aromatic N) is 1. The predicted octanol–water partition coefficient (Wildman–Crippen LogP) is 1.60. The molecule has 0 fully saturated rings. The summed E-state index contributed by atoms with van der Waals surface area (Å²) in [5.74, 6) is -1.27. The Balaban J connectivity index is 2.90. The molecule has 20 heavy (non-hydrogen) atoms. The van der Waals surface area contributed by atoms with Crippen LogP contribution < -0.4 is 0 Å². The number of carbonyl (C=O) groups is 1. The van der Waals surface area contributed by atoms with Crippen LogP contribution in [0.25, 0.3) is 0 Å². The van der Waals surface area contributed by atoms with Gasteiger partial charge in [-0.2, -0.15) is 26.9 Å². The quantitative estimate of drug-likeness (QED) is 0.446. The molecule has 0 aromatic heterocycles. The molecule has 0 aromatic carbocycles. The summed E-state index contributed by atoms with van der Waals surface area (Å²) in [6.07, 6.45) is 0.221. The Labute approximate surface area is 112 Å². The van der Waals surface area contributed by atoms with Crippen molar-refractivity contribution < 1.29 is 35.3 Å². The van der Waals surface area contributed by atoms with Crippen molar-refractivity contribution in [3.05, 3.63) is 11.8 Å². The lowest BCUT2D eigenvalue weighted by molar-refractivity contribution is -0.149. The van der Waals surface area contributed by atoms with Crippen LogP contribution in [-0.2, 0) is 23.8 Å². The first-order chi connectivity index (χ1) is 9.08. The zero-order valence-electron chi connectivity index (χ0n) is 10.2. The molecule has 1 unspecified atom stereocenters. The highest BCUT2D eigenvalue weighted by Crippen LogP contribution is 2.38. The SMILES string of the molecule is COC(=O)C1(C#N)CC=C(OS(=O)(=O)C(F)(F)F)CC1. The van der Waals surface area contributed by atoms with Gasteiger partial charge in [0.05, 0.1) is 13.2 Å². The molecule has 6 nitrogen and oxygen atoms in total. The molecule has 1 rings (SSSR count). The fraction of sp³-hybridized carbons (Fsp3) is 0.600. The minimum Gasteiger partial charge on any atom is -0.468 e. The second-order valence-corrected chi connectivity index (χ2v) is 5.58. The normalized spacial score (nSPS) is 23.4. The van der Waals surface area contributed by atoms with Crippen molar-refractivity contribution in [1.82, 2.24) is 0 Å². The van der Waals surface area contributed by atoms with Gasteiger partial charge in [-0.25, -0.2) is 0 Å². The van der Waals surface area contributed by atoms with Crippen LogP contribution in [0.15, 0.2) is 11.8 Å². The van der Waals surface area contributed by atoms with Crippen LogP contribution in [0.2, 0.25) is 0 Å². The maximum atomic E-state index is 12.1. The van der Waals surface area contributed by atoms with Crippen LogP contribution in [0.1, 0.15) is 19.3 Å². The van der Waals surface area contributed by atoms with Gasteiger partial charge in [-0.3, -0.25) is 4.79 Å². The molecule has 0 heterocycles. The van der Waals surface area contributed by atoms with E-state index in [0.29, 0.717) is 0 Å². The number of rotatable bonds is 3. The van der Waals surface area contributed by atoms with Gasteiger partial charge in [0.1, 0.15) is 5.76 Å². The van der Waals surface area contributed by atoms with E-state index in [2.05, 4.69) is 8.92 Å². The Bertz CT molecular complexity index is 575. The Kier molecular flexibility index (Phi) is 4.33. The number of alkyl halides is 3. The average Bonchev–Trinajstić information content (AvgIpc) is 2.37. The van der Waals surface area contributed by atoms with E-state index in [9.17, 15) is 26.4 Å². The highest BCUT2D eigenvalue weighted by atomic mass is 32.2. The van der Waals surface area contributed by atoms with Crippen molar-refractivity contribution in [2.45, 2.75) is 24.8 Å². The van der Waals surface area contributed by atoms with Gasteiger partial charge in [-0.05, 0) is 18.9 Å². The van der Waals surface area contributed by atoms with E-state index in [1.54, 1.807) is 6.07 Å². The first kappa shape index (κ1) is 16.3. The van der Waals surface area contributed by atoms with Gasteiger partial charge in [-0.15, -0.1) is 0 Å². The second kappa shape index (κ2) is 5.32. The van der Waals surface area contributed by atoms with Crippen LogP contribution in [-0.4, -0.2) is 27.0 Å². The number of hydrogen-bond donors (Lipinski definition) is 0. The van der Waals surface area contributed by atoms with E-state index in [-0.39, 0.29) is 19.3 Å². The Hall–Kier alpha value is -1.76. The summed E-state index contributed by atoms with van der Waals surface area (Å²) < 4.78 is 66.3. The van der Waals surface area contributed by atoms with Gasteiger partial charge in [-0.1, -0.05) is 0 Å². The maximum Gasteiger partial charge on any atom is 0.534 e. The third kappa shape index (κ3) is 3.04. The second-order valence-electron chi connectivity index (χ2n) is 4.04. The first-order valence-electron chi connectivity index (χ1n) is 5.27. The van der Waals surface area contributed by atoms with Gasteiger partial charge in [0.25, 0.3) is 0 Å². The molecule has 112 valence electrons. The van der Waals surface area contributed by atoms with Crippen LogP contribution in [0, 0.1) is 16.7 Å². The Morgan fingerprint density at radius 2 is 2.10 bits per heavy atom. The summed E-state index contributed by atoms with van der Waals surface area (Å²) >= 11 is 0. The Morgan fingerprint density at radius 1 is 1.50 bits per heavy atom. The highest BCUT2D eigenvalue weighted by molar-refractivity contribution is 7.87. The van der Waals surface area contributed by atoms with Gasteiger partial charge >= 0.3 is 21.6 Å². The molecule has 0 spiro atoms. The predicted molar refractivity (Wildman–Crippen MR) is 58.1 cm³/mol. The van der Waals surface area contributed by atoms with Crippen LogP contribution >= 0.6 is 0 Å². The molecule has 0 aromatic rings. The summed E-state index contributed by atoms with van der Waals surface area (Å²) in [5, 5.41) is 8.97. The van der Waals surface area contributed by atoms with Crippen LogP contribution in [0.5, 0.6) is 0 Å². The third-order valence-electron chi connectivity index (χ3n) is 2.77. The number of esters is 1. The van der Waals surface area contributed by atoms with Crippen LogP contribution in [0.3, 0.4) is 0 Å². The number of carbonyl (C=O) groups excluding carboxylic acids is 1. The minimum absolute atomic E-state index is 0.185. The number of allylic oxidation sites excluding steroid dienone is 2. The van der Waals surface area contributed by atoms with Crippen molar-refractivity contribution in [1.29, 1.82) is 5.26 Å². The molecule has 1 aliphatic carbocycles. The standard InChI is InChI=1S/C10H10F3NO5S/c1-18-8(15)9(6-14)4-2-7(3-5-9)19-20(16,17)10(11,12)13/h2H,3-5H2,1H3. The van der Waals surface area contributed by atoms with E-state index >= 15 is 0 Å². The number of hydrogen-bond acceptors (Lipinski definition) is 6. The molecule has 0 aliphatic heterocycles. The molecule has 10 heteroatoms. The van der Waals surface area contributed by atoms with Gasteiger partial charge in [0.2, 0.25) is 0 Å². The van der Waals surface area contributed by atoms with E-state index in [0.717, 1.165) is 13.2 Å². The lowest BCUT2D eigenvalue weighted by atomic mass is 9.78. The fourth-order valence-electron chi connectivity index (χ4n) is 1.62. The first-order valence-corrected chi connectivity index (χ1v) is 6.68. The molecule has 0 saturated heterocycles. The molecule has 0 amide bonds.